The summed E-state index contributed by atoms with van der Waals surface area (Å²) < 4.78 is 27.8. The molecule has 0 spiro atoms. The largest absolute Gasteiger partial charge is 0.304 e. The fraction of sp³-hybridized carbons (Fsp3) is 0.0476. The summed E-state index contributed by atoms with van der Waals surface area (Å²) in [5.74, 6) is 0. The van der Waals surface area contributed by atoms with Crippen LogP contribution in [0.4, 0.5) is 0 Å². The normalized spacial score (nSPS) is 17.4. The zero-order valence-corrected chi connectivity index (χ0v) is 15.9. The van der Waals surface area contributed by atoms with Gasteiger partial charge in [-0.15, -0.1) is 4.41 Å². The molecule has 0 unspecified atom stereocenters. The van der Waals surface area contributed by atoms with E-state index in [0.29, 0.717) is 5.02 Å². The molecule has 1 atom stereocenters. The van der Waals surface area contributed by atoms with Gasteiger partial charge in [-0.1, -0.05) is 72.3 Å². The van der Waals surface area contributed by atoms with Gasteiger partial charge in [-0.2, -0.15) is 0 Å². The third-order valence-corrected chi connectivity index (χ3v) is 6.36. The van der Waals surface area contributed by atoms with E-state index >= 15 is 0 Å². The number of hydrogen-bond donors (Lipinski definition) is 1. The first-order valence-corrected chi connectivity index (χ1v) is 10.3. The van der Waals surface area contributed by atoms with Crippen LogP contribution in [0.1, 0.15) is 17.2 Å². The van der Waals surface area contributed by atoms with E-state index in [4.69, 9.17) is 11.6 Å². The highest BCUT2D eigenvalue weighted by molar-refractivity contribution is 7.89. The first kappa shape index (κ1) is 17.8. The summed E-state index contributed by atoms with van der Waals surface area (Å²) in [5, 5.41) is 0.606. The van der Waals surface area contributed by atoms with Gasteiger partial charge < -0.3 is 5.43 Å². The Kier molecular flexibility index (Phi) is 4.74. The summed E-state index contributed by atoms with van der Waals surface area (Å²) in [4.78, 5) is 0.235. The maximum Gasteiger partial charge on any atom is 0.260 e. The smallest absolute Gasteiger partial charge is 0.260 e. The van der Waals surface area contributed by atoms with Crippen LogP contribution in [0.15, 0.2) is 95.9 Å². The van der Waals surface area contributed by atoms with Crippen molar-refractivity contribution in [1.82, 2.24) is 9.84 Å². The van der Waals surface area contributed by atoms with Crippen molar-refractivity contribution in [3.8, 4) is 0 Å². The van der Waals surface area contributed by atoms with Crippen molar-refractivity contribution in [2.24, 2.45) is 0 Å². The fourth-order valence-electron chi connectivity index (χ4n) is 3.04. The second-order valence-electron chi connectivity index (χ2n) is 6.17. The predicted molar refractivity (Wildman–Crippen MR) is 107 cm³/mol. The molecule has 0 fully saturated rings. The van der Waals surface area contributed by atoms with Gasteiger partial charge in [0, 0.05) is 5.02 Å². The molecule has 27 heavy (non-hydrogen) atoms. The van der Waals surface area contributed by atoms with Crippen molar-refractivity contribution in [3.63, 3.8) is 0 Å². The van der Waals surface area contributed by atoms with E-state index in [1.54, 1.807) is 42.5 Å². The standard InChI is InChI=1S/C21H17ClN2O2S/c22-18-13-11-17(12-14-18)21-15-20(16-7-3-1-4-8-16)23-24(21)27(25,26)19-9-5-2-6-10-19/h1-15,21,23H/t21-/m0/s1. The van der Waals surface area contributed by atoms with E-state index in [2.05, 4.69) is 5.43 Å². The van der Waals surface area contributed by atoms with Gasteiger partial charge in [-0.3, -0.25) is 0 Å². The highest BCUT2D eigenvalue weighted by atomic mass is 35.5. The van der Waals surface area contributed by atoms with E-state index in [1.165, 1.54) is 4.41 Å². The van der Waals surface area contributed by atoms with Crippen LogP contribution in [0.25, 0.3) is 5.70 Å². The van der Waals surface area contributed by atoms with Gasteiger partial charge in [0.2, 0.25) is 0 Å². The molecule has 0 aliphatic carbocycles. The Morgan fingerprint density at radius 1 is 0.815 bits per heavy atom. The molecule has 1 heterocycles. The van der Waals surface area contributed by atoms with Gasteiger partial charge in [0.1, 0.15) is 0 Å². The van der Waals surface area contributed by atoms with Crippen molar-refractivity contribution in [3.05, 3.63) is 107 Å². The molecule has 0 amide bonds. The summed E-state index contributed by atoms with van der Waals surface area (Å²) in [6.07, 6.45) is 1.92. The Bertz CT molecular complexity index is 1070. The van der Waals surface area contributed by atoms with Crippen LogP contribution in [-0.2, 0) is 10.0 Å². The van der Waals surface area contributed by atoms with Gasteiger partial charge in [0.05, 0.1) is 16.6 Å². The van der Waals surface area contributed by atoms with Gasteiger partial charge in [-0.25, -0.2) is 8.42 Å². The molecule has 4 rings (SSSR count). The number of hydrogen-bond acceptors (Lipinski definition) is 3. The molecule has 4 nitrogen and oxygen atoms in total. The zero-order valence-electron chi connectivity index (χ0n) is 14.3. The summed E-state index contributed by atoms with van der Waals surface area (Å²) in [7, 11) is -3.75. The lowest BCUT2D eigenvalue weighted by Crippen LogP contribution is -2.39. The van der Waals surface area contributed by atoms with E-state index in [9.17, 15) is 8.42 Å². The SMILES string of the molecule is O=S(=O)(c1ccccc1)N1NC(c2ccccc2)=C[C@H]1c1ccc(Cl)cc1. The quantitative estimate of drug-likeness (QED) is 0.699. The lowest BCUT2D eigenvalue weighted by Gasteiger charge is -2.25. The monoisotopic (exact) mass is 396 g/mol. The van der Waals surface area contributed by atoms with Crippen LogP contribution in [0.5, 0.6) is 0 Å². The van der Waals surface area contributed by atoms with E-state index in [1.807, 2.05) is 48.5 Å². The van der Waals surface area contributed by atoms with Crippen LogP contribution < -0.4 is 5.43 Å². The third-order valence-electron chi connectivity index (χ3n) is 4.40. The van der Waals surface area contributed by atoms with Crippen LogP contribution in [-0.4, -0.2) is 12.8 Å². The molecule has 1 aliphatic rings. The first-order valence-electron chi connectivity index (χ1n) is 8.44. The van der Waals surface area contributed by atoms with Gasteiger partial charge in [0.15, 0.2) is 0 Å². The van der Waals surface area contributed by atoms with Crippen molar-refractivity contribution in [2.45, 2.75) is 10.9 Å². The molecular weight excluding hydrogens is 380 g/mol. The maximum absolute atomic E-state index is 13.3. The number of benzene rings is 3. The highest BCUT2D eigenvalue weighted by Crippen LogP contribution is 2.35. The summed E-state index contributed by atoms with van der Waals surface area (Å²) in [6, 6.07) is 24.8. The van der Waals surface area contributed by atoms with E-state index < -0.39 is 16.1 Å². The molecule has 0 aromatic heterocycles. The number of nitrogens with one attached hydrogen (secondary N) is 1. The zero-order chi connectivity index (χ0) is 18.9. The van der Waals surface area contributed by atoms with Gasteiger partial charge >= 0.3 is 0 Å². The van der Waals surface area contributed by atoms with Crippen LogP contribution in [0.3, 0.4) is 0 Å². The Balaban J connectivity index is 1.79. The molecule has 1 aliphatic heterocycles. The lowest BCUT2D eigenvalue weighted by atomic mass is 10.1. The van der Waals surface area contributed by atoms with E-state index in [0.717, 1.165) is 16.8 Å². The average molecular weight is 397 g/mol. The predicted octanol–water partition coefficient (Wildman–Crippen LogP) is 4.63. The number of hydrazine groups is 1. The number of halogens is 1. The van der Waals surface area contributed by atoms with Crippen LogP contribution in [0.2, 0.25) is 5.02 Å². The van der Waals surface area contributed by atoms with Gasteiger partial charge in [-0.05, 0) is 41.5 Å². The molecule has 136 valence electrons. The highest BCUT2D eigenvalue weighted by Gasteiger charge is 2.36. The summed E-state index contributed by atoms with van der Waals surface area (Å²) >= 11 is 6.00. The van der Waals surface area contributed by atoms with Crippen molar-refractivity contribution < 1.29 is 8.42 Å². The molecule has 3 aromatic carbocycles. The van der Waals surface area contributed by atoms with Crippen LogP contribution in [0, 0.1) is 0 Å². The van der Waals surface area contributed by atoms with Crippen molar-refractivity contribution >= 4 is 27.3 Å². The van der Waals surface area contributed by atoms with Gasteiger partial charge in [0.25, 0.3) is 10.0 Å². The first-order chi connectivity index (χ1) is 13.1. The average Bonchev–Trinajstić information content (AvgIpc) is 3.16. The third kappa shape index (κ3) is 3.49. The number of rotatable bonds is 4. The molecule has 0 bridgehead atoms. The summed E-state index contributed by atoms with van der Waals surface area (Å²) in [6.45, 7) is 0. The minimum absolute atomic E-state index is 0.235. The second kappa shape index (κ2) is 7.19. The number of sulfonamides is 1. The van der Waals surface area contributed by atoms with Crippen molar-refractivity contribution in [2.75, 3.05) is 0 Å². The summed E-state index contributed by atoms with van der Waals surface area (Å²) in [5.41, 5.74) is 5.58. The van der Waals surface area contributed by atoms with E-state index in [-0.39, 0.29) is 4.90 Å². The number of nitrogens with zero attached hydrogens (tertiary/aromatic N) is 1. The minimum atomic E-state index is -3.75. The van der Waals surface area contributed by atoms with Crippen molar-refractivity contribution in [1.29, 1.82) is 0 Å². The van der Waals surface area contributed by atoms with Crippen LogP contribution >= 0.6 is 11.6 Å². The minimum Gasteiger partial charge on any atom is -0.304 e. The maximum atomic E-state index is 13.3. The molecule has 0 saturated heterocycles. The molecule has 0 saturated carbocycles. The molecular formula is C21H17ClN2O2S. The molecule has 1 N–H and O–H groups in total. The Hall–Kier alpha value is -2.60. The molecule has 3 aromatic rings. The Morgan fingerprint density at radius 3 is 2.04 bits per heavy atom. The topological polar surface area (TPSA) is 49.4 Å². The molecule has 6 heteroatoms. The Morgan fingerprint density at radius 2 is 1.41 bits per heavy atom. The molecule has 0 radical (unpaired) electrons. The second-order valence-corrected chi connectivity index (χ2v) is 8.42. The fourth-order valence-corrected chi connectivity index (χ4v) is 4.59. The lowest BCUT2D eigenvalue weighted by molar-refractivity contribution is 0.348. The Labute approximate surface area is 163 Å².